The zero-order chi connectivity index (χ0) is 26.9. The summed E-state index contributed by atoms with van der Waals surface area (Å²) in [6.45, 7) is 3.70. The predicted molar refractivity (Wildman–Crippen MR) is 159 cm³/mol. The summed E-state index contributed by atoms with van der Waals surface area (Å²) in [5.74, 6) is -0.108. The van der Waals surface area contributed by atoms with Crippen LogP contribution in [0.1, 0.15) is 37.7 Å². The van der Waals surface area contributed by atoms with Crippen LogP contribution in [0, 0.1) is 0 Å². The first-order valence-corrected chi connectivity index (χ1v) is 14.2. The van der Waals surface area contributed by atoms with E-state index < -0.39 is 6.04 Å². The fraction of sp³-hybridized carbons (Fsp3) is 0.333. The molecule has 0 unspecified atom stereocenters. The molecule has 1 aliphatic rings. The SMILES string of the molecule is O=CN(c1ccccc1-c1ccccc1)[C@@H](CCCN1CCCCC1)C(=O)NCCc1c[nH]c2ccccc12. The summed E-state index contributed by atoms with van der Waals surface area (Å²) in [6.07, 6.45) is 8.80. The fourth-order valence-electron chi connectivity index (χ4n) is 5.72. The zero-order valence-corrected chi connectivity index (χ0v) is 22.5. The minimum Gasteiger partial charge on any atom is -0.361 e. The number of fused-ring (bicyclic) bond motifs is 1. The number of likely N-dealkylation sites (tertiary alicyclic amines) is 1. The first-order valence-electron chi connectivity index (χ1n) is 14.2. The monoisotopic (exact) mass is 522 g/mol. The summed E-state index contributed by atoms with van der Waals surface area (Å²) in [4.78, 5) is 33.8. The quantitative estimate of drug-likeness (QED) is 0.231. The van der Waals surface area contributed by atoms with Gasteiger partial charge in [-0.05, 0) is 75.0 Å². The Bertz CT molecular complexity index is 1360. The van der Waals surface area contributed by atoms with Crippen molar-refractivity contribution in [3.8, 4) is 11.1 Å². The molecule has 1 atom stereocenters. The number of aromatic nitrogens is 1. The second-order valence-corrected chi connectivity index (χ2v) is 10.4. The lowest BCUT2D eigenvalue weighted by atomic mass is 10.0. The molecule has 1 aromatic heterocycles. The van der Waals surface area contributed by atoms with E-state index in [9.17, 15) is 9.59 Å². The van der Waals surface area contributed by atoms with Gasteiger partial charge in [0.15, 0.2) is 0 Å². The van der Waals surface area contributed by atoms with Gasteiger partial charge in [-0.2, -0.15) is 0 Å². The summed E-state index contributed by atoms with van der Waals surface area (Å²) in [6, 6.07) is 25.5. The topological polar surface area (TPSA) is 68.4 Å². The van der Waals surface area contributed by atoms with Crippen LogP contribution in [0.25, 0.3) is 22.0 Å². The molecule has 0 saturated carbocycles. The molecule has 6 nitrogen and oxygen atoms in total. The van der Waals surface area contributed by atoms with Crippen LogP contribution in [0.2, 0.25) is 0 Å². The summed E-state index contributed by atoms with van der Waals surface area (Å²) in [5.41, 5.74) is 4.99. The van der Waals surface area contributed by atoms with Gasteiger partial charge in [0, 0.05) is 29.2 Å². The number of nitrogens with zero attached hydrogens (tertiary/aromatic N) is 2. The van der Waals surface area contributed by atoms with Crippen LogP contribution in [-0.4, -0.2) is 54.4 Å². The van der Waals surface area contributed by atoms with Gasteiger partial charge in [-0.3, -0.25) is 9.59 Å². The lowest BCUT2D eigenvalue weighted by Gasteiger charge is -2.31. The average Bonchev–Trinajstić information content (AvgIpc) is 3.41. The van der Waals surface area contributed by atoms with Crippen LogP contribution >= 0.6 is 0 Å². The van der Waals surface area contributed by atoms with Crippen LogP contribution in [0.15, 0.2) is 85.1 Å². The van der Waals surface area contributed by atoms with E-state index in [1.165, 1.54) is 30.2 Å². The summed E-state index contributed by atoms with van der Waals surface area (Å²) in [7, 11) is 0. The van der Waals surface area contributed by atoms with Gasteiger partial charge in [-0.25, -0.2) is 0 Å². The molecule has 0 aliphatic carbocycles. The van der Waals surface area contributed by atoms with Crippen LogP contribution in [0.4, 0.5) is 5.69 Å². The number of piperidine rings is 1. The highest BCUT2D eigenvalue weighted by molar-refractivity contribution is 5.96. The van der Waals surface area contributed by atoms with Gasteiger partial charge in [0.2, 0.25) is 12.3 Å². The van der Waals surface area contributed by atoms with Gasteiger partial charge in [0.25, 0.3) is 0 Å². The molecule has 4 aromatic rings. The lowest BCUT2D eigenvalue weighted by Crippen LogP contribution is -2.47. The smallest absolute Gasteiger partial charge is 0.243 e. The van der Waals surface area contributed by atoms with Gasteiger partial charge in [-0.15, -0.1) is 0 Å². The molecule has 1 saturated heterocycles. The maximum Gasteiger partial charge on any atom is 0.243 e. The van der Waals surface area contributed by atoms with Crippen molar-refractivity contribution in [1.82, 2.24) is 15.2 Å². The first kappa shape index (κ1) is 26.7. The van der Waals surface area contributed by atoms with E-state index in [-0.39, 0.29) is 5.91 Å². The number of amides is 2. The van der Waals surface area contributed by atoms with Crippen molar-refractivity contribution >= 4 is 28.9 Å². The van der Waals surface area contributed by atoms with Crippen LogP contribution in [-0.2, 0) is 16.0 Å². The molecule has 2 amide bonds. The molecule has 1 aliphatic heterocycles. The molecule has 0 bridgehead atoms. The number of hydrogen-bond donors (Lipinski definition) is 2. The van der Waals surface area contributed by atoms with Crippen molar-refractivity contribution in [2.24, 2.45) is 0 Å². The predicted octanol–water partition coefficient (Wildman–Crippen LogP) is 5.79. The standard InChI is InChI=1S/C33H38N4O2/c38-25-37(31-17-8-6-15-29(31)26-12-3-1-4-13-26)32(18-11-23-36-21-9-2-10-22-36)33(39)34-20-19-27-24-35-30-16-7-5-14-28(27)30/h1,3-8,12-17,24-25,32,35H,2,9-11,18-23H2,(H,34,39)/t32-/m0/s1. The number of aromatic amines is 1. The number of carbonyl (C=O) groups is 2. The fourth-order valence-corrected chi connectivity index (χ4v) is 5.72. The van der Waals surface area contributed by atoms with E-state index in [2.05, 4.69) is 27.3 Å². The first-order chi connectivity index (χ1) is 19.2. The average molecular weight is 523 g/mol. The molecule has 2 heterocycles. The van der Waals surface area contributed by atoms with Crippen molar-refractivity contribution in [3.63, 3.8) is 0 Å². The van der Waals surface area contributed by atoms with Crippen molar-refractivity contribution in [1.29, 1.82) is 0 Å². The van der Waals surface area contributed by atoms with E-state index in [0.29, 0.717) is 13.0 Å². The third-order valence-electron chi connectivity index (χ3n) is 7.79. The third-order valence-corrected chi connectivity index (χ3v) is 7.79. The van der Waals surface area contributed by atoms with Gasteiger partial charge < -0.3 is 20.1 Å². The van der Waals surface area contributed by atoms with E-state index in [0.717, 1.165) is 61.2 Å². The Morgan fingerprint density at radius 3 is 2.51 bits per heavy atom. The maximum absolute atomic E-state index is 13.7. The highest BCUT2D eigenvalue weighted by Gasteiger charge is 2.28. The molecule has 0 radical (unpaired) electrons. The van der Waals surface area contributed by atoms with Gasteiger partial charge in [-0.1, -0.05) is 73.2 Å². The highest BCUT2D eigenvalue weighted by atomic mass is 16.2. The van der Waals surface area contributed by atoms with Crippen molar-refractivity contribution in [3.05, 3.63) is 90.6 Å². The summed E-state index contributed by atoms with van der Waals surface area (Å²) < 4.78 is 0. The highest BCUT2D eigenvalue weighted by Crippen LogP contribution is 2.32. The number of nitrogens with one attached hydrogen (secondary N) is 2. The molecule has 202 valence electrons. The number of H-pyrrole nitrogens is 1. The number of hydrogen-bond acceptors (Lipinski definition) is 3. The number of anilines is 1. The van der Waals surface area contributed by atoms with Crippen molar-refractivity contribution < 1.29 is 9.59 Å². The van der Waals surface area contributed by atoms with Crippen molar-refractivity contribution in [2.45, 2.75) is 44.6 Å². The Hall–Kier alpha value is -3.90. The zero-order valence-electron chi connectivity index (χ0n) is 22.5. The van der Waals surface area contributed by atoms with E-state index in [4.69, 9.17) is 0 Å². The van der Waals surface area contributed by atoms with Gasteiger partial charge >= 0.3 is 0 Å². The minimum atomic E-state index is -0.583. The van der Waals surface area contributed by atoms with Gasteiger partial charge in [0.1, 0.15) is 6.04 Å². The van der Waals surface area contributed by atoms with Crippen molar-refractivity contribution in [2.75, 3.05) is 31.1 Å². The lowest BCUT2D eigenvalue weighted by molar-refractivity contribution is -0.124. The molecule has 0 spiro atoms. The molecule has 3 aromatic carbocycles. The Balaban J connectivity index is 1.33. The molecule has 5 rings (SSSR count). The maximum atomic E-state index is 13.7. The van der Waals surface area contributed by atoms with E-state index >= 15 is 0 Å². The Kier molecular flexibility index (Phi) is 9.07. The normalized spacial score (nSPS) is 14.7. The Morgan fingerprint density at radius 2 is 1.69 bits per heavy atom. The van der Waals surface area contributed by atoms with Crippen LogP contribution < -0.4 is 10.2 Å². The number of para-hydroxylation sites is 2. The second kappa shape index (κ2) is 13.3. The Labute approximate surface area is 231 Å². The number of benzene rings is 3. The number of carbonyl (C=O) groups excluding carboxylic acids is 2. The minimum absolute atomic E-state index is 0.108. The largest absolute Gasteiger partial charge is 0.361 e. The summed E-state index contributed by atoms with van der Waals surface area (Å²) >= 11 is 0. The van der Waals surface area contributed by atoms with E-state index in [1.807, 2.05) is 72.9 Å². The third kappa shape index (κ3) is 6.58. The summed E-state index contributed by atoms with van der Waals surface area (Å²) in [5, 5.41) is 4.33. The van der Waals surface area contributed by atoms with Gasteiger partial charge in [0.05, 0.1) is 5.69 Å². The molecule has 6 heteroatoms. The Morgan fingerprint density at radius 1 is 0.949 bits per heavy atom. The van der Waals surface area contributed by atoms with Crippen LogP contribution in [0.3, 0.4) is 0 Å². The number of rotatable bonds is 12. The molecule has 1 fully saturated rings. The second-order valence-electron chi connectivity index (χ2n) is 10.4. The molecular weight excluding hydrogens is 484 g/mol. The molecular formula is C33H38N4O2. The molecule has 39 heavy (non-hydrogen) atoms. The van der Waals surface area contributed by atoms with Crippen LogP contribution in [0.5, 0.6) is 0 Å². The molecule has 2 N–H and O–H groups in total. The van der Waals surface area contributed by atoms with E-state index in [1.54, 1.807) is 4.90 Å².